The van der Waals surface area contributed by atoms with Gasteiger partial charge >= 0.3 is 5.97 Å². The van der Waals surface area contributed by atoms with Gasteiger partial charge in [-0.3, -0.25) is 14.4 Å². The highest BCUT2D eigenvalue weighted by Crippen LogP contribution is 2.37. The van der Waals surface area contributed by atoms with Gasteiger partial charge in [0.25, 0.3) is 5.91 Å². The van der Waals surface area contributed by atoms with Crippen LogP contribution in [0, 0.1) is 25.7 Å². The predicted molar refractivity (Wildman–Crippen MR) is 109 cm³/mol. The van der Waals surface area contributed by atoms with Crippen molar-refractivity contribution >= 4 is 34.1 Å². The number of allylic oxidation sites excluding steroid dienone is 2. The number of nitrogens with one attached hydrogen (secondary N) is 1. The lowest BCUT2D eigenvalue weighted by atomic mass is 9.82. The van der Waals surface area contributed by atoms with Crippen LogP contribution in [0.25, 0.3) is 11.1 Å². The van der Waals surface area contributed by atoms with E-state index in [9.17, 15) is 19.5 Å². The second-order valence-corrected chi connectivity index (χ2v) is 7.88. The standard InChI is InChI=1S/C21H22N2O4S/c1-11-7-8-13(9-12(11)2)16-10-28-20(17(16)18(22)24)23-19(25)14-5-3-4-6-15(14)21(26)27/h3-4,7-10,14-15H,5-6H2,1-2H3,(H2,22,24)(H,23,25)(H,26,27)/t14-,15-/m0/s1. The largest absolute Gasteiger partial charge is 0.481 e. The number of rotatable bonds is 5. The van der Waals surface area contributed by atoms with Crippen LogP contribution in [0.2, 0.25) is 0 Å². The maximum Gasteiger partial charge on any atom is 0.307 e. The number of primary amides is 1. The number of anilines is 1. The van der Waals surface area contributed by atoms with Crippen LogP contribution < -0.4 is 11.1 Å². The van der Waals surface area contributed by atoms with Crippen molar-refractivity contribution in [2.75, 3.05) is 5.32 Å². The number of amides is 2. The maximum absolute atomic E-state index is 12.7. The van der Waals surface area contributed by atoms with Crippen LogP contribution >= 0.6 is 11.3 Å². The number of aryl methyl sites for hydroxylation is 2. The minimum absolute atomic E-state index is 0.250. The highest BCUT2D eigenvalue weighted by Gasteiger charge is 2.34. The Balaban J connectivity index is 1.92. The fourth-order valence-electron chi connectivity index (χ4n) is 3.40. The normalized spacial score (nSPS) is 18.6. The third-order valence-corrected chi connectivity index (χ3v) is 6.07. The molecule has 0 fully saturated rings. The van der Waals surface area contributed by atoms with Crippen LogP contribution in [0.1, 0.15) is 34.3 Å². The summed E-state index contributed by atoms with van der Waals surface area (Å²) >= 11 is 1.21. The molecule has 0 radical (unpaired) electrons. The summed E-state index contributed by atoms with van der Waals surface area (Å²) in [5.41, 5.74) is 9.59. The van der Waals surface area contributed by atoms with Crippen molar-refractivity contribution in [1.29, 1.82) is 0 Å². The fraction of sp³-hybridized carbons (Fsp3) is 0.286. The third-order valence-electron chi connectivity index (χ3n) is 5.18. The molecule has 0 unspecified atom stereocenters. The van der Waals surface area contributed by atoms with Gasteiger partial charge in [0.2, 0.25) is 5.91 Å². The SMILES string of the molecule is Cc1ccc(-c2csc(NC(=O)[C@H]3CC=CC[C@@H]3C(=O)O)c2C(N)=O)cc1C. The van der Waals surface area contributed by atoms with E-state index in [4.69, 9.17) is 5.73 Å². The van der Waals surface area contributed by atoms with Crippen LogP contribution in [0.5, 0.6) is 0 Å². The summed E-state index contributed by atoms with van der Waals surface area (Å²) in [6.45, 7) is 3.99. The number of aliphatic carboxylic acids is 1. The van der Waals surface area contributed by atoms with Gasteiger partial charge in [-0.15, -0.1) is 11.3 Å². The van der Waals surface area contributed by atoms with E-state index in [0.717, 1.165) is 16.7 Å². The van der Waals surface area contributed by atoms with Crippen molar-refractivity contribution < 1.29 is 19.5 Å². The smallest absolute Gasteiger partial charge is 0.307 e. The molecule has 7 heteroatoms. The molecular weight excluding hydrogens is 376 g/mol. The van der Waals surface area contributed by atoms with E-state index in [-0.39, 0.29) is 5.56 Å². The number of benzene rings is 1. The number of nitrogens with two attached hydrogens (primary N) is 1. The molecule has 0 saturated heterocycles. The Bertz CT molecular complexity index is 977. The first kappa shape index (κ1) is 19.8. The fourth-order valence-corrected chi connectivity index (χ4v) is 4.37. The van der Waals surface area contributed by atoms with Crippen molar-refractivity contribution in [2.24, 2.45) is 17.6 Å². The summed E-state index contributed by atoms with van der Waals surface area (Å²) in [6.07, 6.45) is 4.26. The zero-order chi connectivity index (χ0) is 20.4. The molecule has 2 aromatic rings. The average molecular weight is 398 g/mol. The second-order valence-electron chi connectivity index (χ2n) is 7.00. The Morgan fingerprint density at radius 3 is 2.39 bits per heavy atom. The van der Waals surface area contributed by atoms with Crippen LogP contribution in [0.4, 0.5) is 5.00 Å². The van der Waals surface area contributed by atoms with Gasteiger partial charge in [-0.2, -0.15) is 0 Å². The number of carboxylic acid groups (broad SMARTS) is 1. The van der Waals surface area contributed by atoms with E-state index in [1.165, 1.54) is 11.3 Å². The number of carbonyl (C=O) groups is 3. The first-order chi connectivity index (χ1) is 13.3. The molecule has 2 atom stereocenters. The molecule has 6 nitrogen and oxygen atoms in total. The van der Waals surface area contributed by atoms with E-state index < -0.39 is 29.6 Å². The summed E-state index contributed by atoms with van der Waals surface area (Å²) < 4.78 is 0. The number of thiophene rings is 1. The molecule has 1 aliphatic carbocycles. The zero-order valence-electron chi connectivity index (χ0n) is 15.7. The van der Waals surface area contributed by atoms with Crippen LogP contribution in [-0.2, 0) is 9.59 Å². The van der Waals surface area contributed by atoms with E-state index in [0.29, 0.717) is 23.4 Å². The summed E-state index contributed by atoms with van der Waals surface area (Å²) in [4.78, 5) is 36.3. The quantitative estimate of drug-likeness (QED) is 0.667. The molecule has 3 rings (SSSR count). The van der Waals surface area contributed by atoms with Gasteiger partial charge in [0.15, 0.2) is 0 Å². The zero-order valence-corrected chi connectivity index (χ0v) is 16.5. The Morgan fingerprint density at radius 2 is 1.79 bits per heavy atom. The molecule has 146 valence electrons. The molecule has 0 spiro atoms. The van der Waals surface area contributed by atoms with Crippen LogP contribution in [0.3, 0.4) is 0 Å². The Morgan fingerprint density at radius 1 is 1.11 bits per heavy atom. The number of carboxylic acids is 1. The van der Waals surface area contributed by atoms with Crippen LogP contribution in [-0.4, -0.2) is 22.9 Å². The number of carbonyl (C=O) groups excluding carboxylic acids is 2. The monoisotopic (exact) mass is 398 g/mol. The molecule has 1 aliphatic rings. The lowest BCUT2D eigenvalue weighted by Gasteiger charge is -2.24. The van der Waals surface area contributed by atoms with Gasteiger partial charge in [0.1, 0.15) is 5.00 Å². The van der Waals surface area contributed by atoms with Gasteiger partial charge in [0.05, 0.1) is 17.4 Å². The Hall–Kier alpha value is -2.93. The first-order valence-corrected chi connectivity index (χ1v) is 9.85. The number of hydrogen-bond donors (Lipinski definition) is 3. The second kappa shape index (κ2) is 7.98. The minimum atomic E-state index is -0.998. The average Bonchev–Trinajstić information content (AvgIpc) is 3.07. The predicted octanol–water partition coefficient (Wildman–Crippen LogP) is 3.74. The van der Waals surface area contributed by atoms with Gasteiger partial charge in [-0.05, 0) is 43.4 Å². The van der Waals surface area contributed by atoms with Crippen molar-refractivity contribution in [1.82, 2.24) is 0 Å². The lowest BCUT2D eigenvalue weighted by Crippen LogP contribution is -2.35. The molecule has 1 aromatic carbocycles. The Kier molecular flexibility index (Phi) is 5.65. The third kappa shape index (κ3) is 3.84. The Labute approximate surface area is 167 Å². The molecular formula is C21H22N2O4S. The highest BCUT2D eigenvalue weighted by molar-refractivity contribution is 7.15. The molecule has 4 N–H and O–H groups in total. The molecule has 1 aromatic heterocycles. The molecule has 1 heterocycles. The molecule has 2 amide bonds. The lowest BCUT2D eigenvalue weighted by molar-refractivity contribution is -0.146. The van der Waals surface area contributed by atoms with Crippen molar-refractivity contribution in [3.05, 3.63) is 52.4 Å². The summed E-state index contributed by atoms with van der Waals surface area (Å²) in [7, 11) is 0. The van der Waals surface area contributed by atoms with E-state index in [2.05, 4.69) is 5.32 Å². The summed E-state index contributed by atoms with van der Waals surface area (Å²) in [6, 6.07) is 5.85. The van der Waals surface area contributed by atoms with Gasteiger partial charge in [0, 0.05) is 10.9 Å². The van der Waals surface area contributed by atoms with Crippen molar-refractivity contribution in [3.63, 3.8) is 0 Å². The molecule has 0 bridgehead atoms. The van der Waals surface area contributed by atoms with Crippen LogP contribution in [0.15, 0.2) is 35.7 Å². The van der Waals surface area contributed by atoms with E-state index >= 15 is 0 Å². The molecule has 0 saturated carbocycles. The van der Waals surface area contributed by atoms with Gasteiger partial charge < -0.3 is 16.2 Å². The minimum Gasteiger partial charge on any atom is -0.481 e. The first-order valence-electron chi connectivity index (χ1n) is 8.97. The molecule has 0 aliphatic heterocycles. The van der Waals surface area contributed by atoms with Crippen molar-refractivity contribution in [3.8, 4) is 11.1 Å². The summed E-state index contributed by atoms with van der Waals surface area (Å²) in [5.74, 6) is -3.51. The highest BCUT2D eigenvalue weighted by atomic mass is 32.1. The van der Waals surface area contributed by atoms with E-state index in [1.54, 1.807) is 11.5 Å². The summed E-state index contributed by atoms with van der Waals surface area (Å²) in [5, 5.41) is 14.3. The maximum atomic E-state index is 12.7. The van der Waals surface area contributed by atoms with Gasteiger partial charge in [-0.25, -0.2) is 0 Å². The number of hydrogen-bond acceptors (Lipinski definition) is 4. The van der Waals surface area contributed by atoms with Gasteiger partial charge in [-0.1, -0.05) is 30.4 Å². The van der Waals surface area contributed by atoms with E-state index in [1.807, 2.05) is 38.1 Å². The topological polar surface area (TPSA) is 109 Å². The van der Waals surface area contributed by atoms with Crippen molar-refractivity contribution in [2.45, 2.75) is 26.7 Å². The molecule has 28 heavy (non-hydrogen) atoms.